The highest BCUT2D eigenvalue weighted by molar-refractivity contribution is 7.14. The van der Waals surface area contributed by atoms with E-state index < -0.39 is 0 Å². The van der Waals surface area contributed by atoms with Crippen LogP contribution >= 0.6 is 22.7 Å². The highest BCUT2D eigenvalue weighted by Gasteiger charge is 2.13. The Morgan fingerprint density at radius 1 is 1.23 bits per heavy atom. The number of thiophene rings is 1. The van der Waals surface area contributed by atoms with Crippen LogP contribution in [0.4, 0.5) is 0 Å². The molecule has 0 bridgehead atoms. The van der Waals surface area contributed by atoms with Gasteiger partial charge in [0.25, 0.3) is 0 Å². The zero-order chi connectivity index (χ0) is 15.4. The molecule has 1 amide bonds. The van der Waals surface area contributed by atoms with Crippen molar-refractivity contribution in [1.82, 2.24) is 10.3 Å². The van der Waals surface area contributed by atoms with Crippen molar-refractivity contribution < 1.29 is 4.79 Å². The summed E-state index contributed by atoms with van der Waals surface area (Å²) in [4.78, 5) is 18.7. The molecule has 0 unspecified atom stereocenters. The molecule has 0 aliphatic heterocycles. The summed E-state index contributed by atoms with van der Waals surface area (Å²) in [5.74, 6) is 0.0311. The summed E-state index contributed by atoms with van der Waals surface area (Å²) in [6.45, 7) is 2.61. The van der Waals surface area contributed by atoms with Gasteiger partial charge in [-0.05, 0) is 23.9 Å². The van der Waals surface area contributed by atoms with E-state index >= 15 is 0 Å². The molecule has 3 aromatic rings. The van der Waals surface area contributed by atoms with E-state index in [0.717, 1.165) is 21.0 Å². The second-order valence-corrected chi connectivity index (χ2v) is 6.93. The minimum absolute atomic E-state index is 0.0311. The van der Waals surface area contributed by atoms with Crippen LogP contribution in [0, 0.1) is 6.92 Å². The number of aryl methyl sites for hydroxylation is 1. The van der Waals surface area contributed by atoms with Crippen molar-refractivity contribution in [2.45, 2.75) is 19.9 Å². The van der Waals surface area contributed by atoms with Gasteiger partial charge in [0.1, 0.15) is 0 Å². The Bertz CT molecular complexity index is 763. The van der Waals surface area contributed by atoms with Crippen LogP contribution in [0.2, 0.25) is 0 Å². The second kappa shape index (κ2) is 6.85. The molecule has 2 aromatic heterocycles. The van der Waals surface area contributed by atoms with Gasteiger partial charge in [0.2, 0.25) is 5.91 Å². The summed E-state index contributed by atoms with van der Waals surface area (Å²) in [6.07, 6.45) is 0.379. The summed E-state index contributed by atoms with van der Waals surface area (Å²) < 4.78 is 0. The van der Waals surface area contributed by atoms with Gasteiger partial charge in [0, 0.05) is 11.4 Å². The highest BCUT2D eigenvalue weighted by Crippen LogP contribution is 2.29. The van der Waals surface area contributed by atoms with Crippen LogP contribution in [0.15, 0.2) is 47.3 Å². The Hall–Kier alpha value is -1.98. The minimum atomic E-state index is 0.0311. The number of thiazole rings is 1. The molecule has 0 aliphatic carbocycles. The number of benzene rings is 1. The van der Waals surface area contributed by atoms with E-state index in [0.29, 0.717) is 13.0 Å². The lowest BCUT2D eigenvalue weighted by Crippen LogP contribution is -2.24. The zero-order valence-electron chi connectivity index (χ0n) is 12.2. The molecule has 3 rings (SSSR count). The lowest BCUT2D eigenvalue weighted by Gasteiger charge is -2.06. The standard InChI is InChI=1S/C17H16N2OS2/c1-12-4-2-5-13(8-12)10-18-16(20)9-15-17(19-11-22-15)14-6-3-7-21-14/h2-8,11H,9-10H2,1H3,(H,18,20). The Balaban J connectivity index is 1.62. The molecular weight excluding hydrogens is 312 g/mol. The number of hydrogen-bond donors (Lipinski definition) is 1. The van der Waals surface area contributed by atoms with Gasteiger partial charge < -0.3 is 5.32 Å². The van der Waals surface area contributed by atoms with Gasteiger partial charge in [-0.1, -0.05) is 35.9 Å². The van der Waals surface area contributed by atoms with E-state index in [1.54, 1.807) is 16.8 Å². The average Bonchev–Trinajstić information content (AvgIpc) is 3.16. The first-order valence-electron chi connectivity index (χ1n) is 7.01. The highest BCUT2D eigenvalue weighted by atomic mass is 32.1. The Labute approximate surface area is 137 Å². The first-order chi connectivity index (χ1) is 10.7. The van der Waals surface area contributed by atoms with Gasteiger partial charge >= 0.3 is 0 Å². The van der Waals surface area contributed by atoms with Gasteiger partial charge in [-0.3, -0.25) is 4.79 Å². The molecule has 1 N–H and O–H groups in total. The molecular formula is C17H16N2OS2. The van der Waals surface area contributed by atoms with Crippen molar-refractivity contribution in [3.05, 3.63) is 63.3 Å². The SMILES string of the molecule is Cc1cccc(CNC(=O)Cc2scnc2-c2cccs2)c1. The molecule has 112 valence electrons. The van der Waals surface area contributed by atoms with Crippen molar-refractivity contribution in [2.75, 3.05) is 0 Å². The lowest BCUT2D eigenvalue weighted by molar-refractivity contribution is -0.120. The first kappa shape index (κ1) is 14.9. The van der Waals surface area contributed by atoms with Crippen molar-refractivity contribution >= 4 is 28.6 Å². The van der Waals surface area contributed by atoms with Crippen LogP contribution < -0.4 is 5.32 Å². The molecule has 22 heavy (non-hydrogen) atoms. The summed E-state index contributed by atoms with van der Waals surface area (Å²) in [5.41, 5.74) is 5.06. The number of nitrogens with zero attached hydrogens (tertiary/aromatic N) is 1. The molecule has 0 saturated heterocycles. The molecule has 1 aromatic carbocycles. The number of aromatic nitrogens is 1. The predicted molar refractivity (Wildman–Crippen MR) is 92.2 cm³/mol. The largest absolute Gasteiger partial charge is 0.352 e. The third-order valence-corrected chi connectivity index (χ3v) is 5.00. The van der Waals surface area contributed by atoms with Crippen LogP contribution in [0.1, 0.15) is 16.0 Å². The zero-order valence-corrected chi connectivity index (χ0v) is 13.8. The Morgan fingerprint density at radius 3 is 2.91 bits per heavy atom. The van der Waals surface area contributed by atoms with E-state index in [9.17, 15) is 4.79 Å². The Kier molecular flexibility index (Phi) is 4.65. The second-order valence-electron chi connectivity index (χ2n) is 5.04. The maximum atomic E-state index is 12.2. The van der Waals surface area contributed by atoms with E-state index in [-0.39, 0.29) is 5.91 Å². The third kappa shape index (κ3) is 3.61. The van der Waals surface area contributed by atoms with Gasteiger partial charge in [-0.15, -0.1) is 22.7 Å². The molecule has 0 atom stereocenters. The monoisotopic (exact) mass is 328 g/mol. The van der Waals surface area contributed by atoms with Crippen LogP contribution in [0.3, 0.4) is 0 Å². The van der Waals surface area contributed by atoms with E-state index in [1.165, 1.54) is 16.9 Å². The van der Waals surface area contributed by atoms with Crippen molar-refractivity contribution in [2.24, 2.45) is 0 Å². The normalized spacial score (nSPS) is 10.6. The molecule has 0 fully saturated rings. The van der Waals surface area contributed by atoms with Crippen LogP contribution in [-0.4, -0.2) is 10.9 Å². The minimum Gasteiger partial charge on any atom is -0.352 e. The number of rotatable bonds is 5. The maximum absolute atomic E-state index is 12.2. The molecule has 3 nitrogen and oxygen atoms in total. The van der Waals surface area contributed by atoms with Gasteiger partial charge in [0.05, 0.1) is 22.5 Å². The lowest BCUT2D eigenvalue weighted by atomic mass is 10.1. The van der Waals surface area contributed by atoms with Crippen LogP contribution in [0.5, 0.6) is 0 Å². The van der Waals surface area contributed by atoms with Crippen molar-refractivity contribution in [1.29, 1.82) is 0 Å². The molecule has 0 saturated carbocycles. The molecule has 0 aliphatic rings. The summed E-state index contributed by atoms with van der Waals surface area (Å²) in [5, 5.41) is 5.00. The van der Waals surface area contributed by atoms with Gasteiger partial charge in [0.15, 0.2) is 0 Å². The number of carbonyl (C=O) groups is 1. The summed E-state index contributed by atoms with van der Waals surface area (Å²) in [6, 6.07) is 12.2. The summed E-state index contributed by atoms with van der Waals surface area (Å²) in [7, 11) is 0. The van der Waals surface area contributed by atoms with Crippen LogP contribution in [0.25, 0.3) is 10.6 Å². The molecule has 5 heteroatoms. The van der Waals surface area contributed by atoms with E-state index in [2.05, 4.69) is 29.4 Å². The fraction of sp³-hybridized carbons (Fsp3) is 0.176. The molecule has 2 heterocycles. The first-order valence-corrected chi connectivity index (χ1v) is 8.77. The fourth-order valence-corrected chi connectivity index (χ4v) is 3.83. The van der Waals surface area contributed by atoms with Gasteiger partial charge in [-0.25, -0.2) is 4.98 Å². The number of nitrogens with one attached hydrogen (secondary N) is 1. The Morgan fingerprint density at radius 2 is 2.14 bits per heavy atom. The average molecular weight is 328 g/mol. The fourth-order valence-electron chi connectivity index (χ4n) is 2.24. The van der Waals surface area contributed by atoms with Crippen molar-refractivity contribution in [3.8, 4) is 10.6 Å². The topological polar surface area (TPSA) is 42.0 Å². The molecule has 0 radical (unpaired) electrons. The predicted octanol–water partition coefficient (Wildman–Crippen LogP) is 4.04. The van der Waals surface area contributed by atoms with Crippen molar-refractivity contribution in [3.63, 3.8) is 0 Å². The molecule has 0 spiro atoms. The van der Waals surface area contributed by atoms with Gasteiger partial charge in [-0.2, -0.15) is 0 Å². The van der Waals surface area contributed by atoms with E-state index in [4.69, 9.17) is 0 Å². The van der Waals surface area contributed by atoms with E-state index in [1.807, 2.05) is 29.6 Å². The smallest absolute Gasteiger partial charge is 0.225 e. The number of amides is 1. The van der Waals surface area contributed by atoms with Crippen LogP contribution in [-0.2, 0) is 17.8 Å². The number of carbonyl (C=O) groups excluding carboxylic acids is 1. The number of hydrogen-bond acceptors (Lipinski definition) is 4. The quantitative estimate of drug-likeness (QED) is 0.768. The third-order valence-electron chi connectivity index (χ3n) is 3.29. The maximum Gasteiger partial charge on any atom is 0.225 e. The summed E-state index contributed by atoms with van der Waals surface area (Å²) >= 11 is 3.18.